The average Bonchev–Trinajstić information content (AvgIpc) is 2.19. The monoisotopic (exact) mass is 265 g/mol. The molecule has 1 N–H and O–H groups in total. The zero-order valence-electron chi connectivity index (χ0n) is 8.40. The maximum absolute atomic E-state index is 7.57. The van der Waals surface area contributed by atoms with E-state index in [1.54, 1.807) is 6.92 Å². The maximum Gasteiger partial charge on any atom is 0.0402 e. The summed E-state index contributed by atoms with van der Waals surface area (Å²) in [4.78, 5) is 4.17. The Hall–Kier alpha value is -0.0461. The smallest absolute Gasteiger partial charge is 0.0402 e. The second-order valence-electron chi connectivity index (χ2n) is 2.71. The molecule has 0 aromatic heterocycles. The van der Waals surface area contributed by atoms with E-state index in [0.717, 1.165) is 13.0 Å². The zero-order chi connectivity index (χ0) is 9.52. The molecule has 0 bridgehead atoms. The Kier molecular flexibility index (Phi) is 8.25. The first-order chi connectivity index (χ1) is 6.38. The van der Waals surface area contributed by atoms with Gasteiger partial charge in [-0.1, -0.05) is 0 Å². The van der Waals surface area contributed by atoms with Gasteiger partial charge in [-0.3, -0.25) is 0 Å². The molecule has 1 aromatic rings. The van der Waals surface area contributed by atoms with Crippen molar-refractivity contribution in [3.8, 4) is 0 Å². The minimum Gasteiger partial charge on any atom is -0.397 e. The Morgan fingerprint density at radius 1 is 1.57 bits per heavy atom. The fraction of sp³-hybridized carbons (Fsp3) is 0.364. The molecule has 2 rings (SSSR count). The number of fused-ring (bicyclic) bond motifs is 1. The molecule has 1 aliphatic rings. The van der Waals surface area contributed by atoms with Gasteiger partial charge in [-0.15, -0.1) is 5.56 Å². The normalized spacial score (nSPS) is 11.9. The molecule has 73 valence electrons. The minimum atomic E-state index is 0. The summed E-state index contributed by atoms with van der Waals surface area (Å²) in [5.41, 5.74) is 2.53. The van der Waals surface area contributed by atoms with Gasteiger partial charge in [0.2, 0.25) is 0 Å². The summed E-state index contributed by atoms with van der Waals surface area (Å²) < 4.78 is 0. The quantitative estimate of drug-likeness (QED) is 0.708. The van der Waals surface area contributed by atoms with Crippen molar-refractivity contribution < 1.29 is 37.8 Å². The number of aliphatic hydroxyl groups excluding tert-OH is 1. The van der Waals surface area contributed by atoms with Crippen molar-refractivity contribution in [3.63, 3.8) is 0 Å². The predicted octanol–water partition coefficient (Wildman–Crippen LogP) is 1.46. The van der Waals surface area contributed by atoms with Crippen molar-refractivity contribution in [1.29, 1.82) is 0 Å². The maximum atomic E-state index is 7.57. The van der Waals surface area contributed by atoms with Crippen molar-refractivity contribution in [1.82, 2.24) is 0 Å². The first-order valence-electron chi connectivity index (χ1n) is 4.48. The second-order valence-corrected chi connectivity index (χ2v) is 2.71. The molecule has 0 fully saturated rings. The Labute approximate surface area is 110 Å². The van der Waals surface area contributed by atoms with Gasteiger partial charge in [-0.05, 0) is 19.6 Å². The van der Waals surface area contributed by atoms with Crippen LogP contribution >= 0.6 is 0 Å². The molecule has 1 aliphatic heterocycles. The number of aliphatic imine (C=N–C) groups is 1. The van der Waals surface area contributed by atoms with Crippen molar-refractivity contribution >= 4 is 6.21 Å². The van der Waals surface area contributed by atoms with E-state index in [1.807, 2.05) is 18.3 Å². The van der Waals surface area contributed by atoms with Gasteiger partial charge in [0.1, 0.15) is 0 Å². The largest absolute Gasteiger partial charge is 0.397 e. The average molecular weight is 265 g/mol. The zero-order valence-corrected chi connectivity index (χ0v) is 11.2. The van der Waals surface area contributed by atoms with E-state index >= 15 is 0 Å². The molecule has 1 aromatic carbocycles. The van der Waals surface area contributed by atoms with Gasteiger partial charge in [0.05, 0.1) is 0 Å². The van der Waals surface area contributed by atoms with Crippen molar-refractivity contribution in [2.45, 2.75) is 13.3 Å². The van der Waals surface area contributed by atoms with Crippen molar-refractivity contribution in [2.24, 2.45) is 4.99 Å². The van der Waals surface area contributed by atoms with Gasteiger partial charge in [0.15, 0.2) is 0 Å². The molecule has 0 atom stereocenters. The van der Waals surface area contributed by atoms with Crippen LogP contribution in [0.5, 0.6) is 0 Å². The minimum absolute atomic E-state index is 0. The summed E-state index contributed by atoms with van der Waals surface area (Å²) in [6.07, 6.45) is 2.97. The topological polar surface area (TPSA) is 32.6 Å². The molecule has 0 unspecified atom stereocenters. The molecular formula is C11H14NOY-. The molecule has 1 heterocycles. The standard InChI is InChI=1S/C9H8N.C2H6O.Y/c1-2-4-9-7-10-6-5-8(9)3-1;1-2-3;/h1-2,4,7H,5-6H2;3H,2H2,1H3;/q-1;;. The van der Waals surface area contributed by atoms with Crippen molar-refractivity contribution in [2.75, 3.05) is 13.2 Å². The number of nitrogens with zero attached hydrogens (tertiary/aromatic N) is 1. The number of hydrogen-bond donors (Lipinski definition) is 1. The SMILES string of the molecule is CCO.[Y].[c-]1cccc2c1CCN=C2. The van der Waals surface area contributed by atoms with Gasteiger partial charge >= 0.3 is 0 Å². The van der Waals surface area contributed by atoms with E-state index in [9.17, 15) is 0 Å². The fourth-order valence-electron chi connectivity index (χ4n) is 1.16. The van der Waals surface area contributed by atoms with Gasteiger partial charge in [0.25, 0.3) is 0 Å². The van der Waals surface area contributed by atoms with Crippen molar-refractivity contribution in [3.05, 3.63) is 35.4 Å². The molecule has 0 aliphatic carbocycles. The number of aliphatic hydroxyl groups is 1. The van der Waals surface area contributed by atoms with E-state index in [1.165, 1.54) is 11.1 Å². The third-order valence-electron chi connectivity index (χ3n) is 1.70. The van der Waals surface area contributed by atoms with Gasteiger partial charge in [-0.25, -0.2) is 0 Å². The van der Waals surface area contributed by atoms with E-state index in [2.05, 4.69) is 17.1 Å². The van der Waals surface area contributed by atoms with Gasteiger partial charge in [0, 0.05) is 45.9 Å². The van der Waals surface area contributed by atoms with Crippen LogP contribution in [-0.4, -0.2) is 24.5 Å². The Bertz CT molecular complexity index is 286. The van der Waals surface area contributed by atoms with E-state index < -0.39 is 0 Å². The van der Waals surface area contributed by atoms with Crippen LogP contribution in [0.1, 0.15) is 18.1 Å². The molecular weight excluding hydrogens is 251 g/mol. The summed E-state index contributed by atoms with van der Waals surface area (Å²) in [5.74, 6) is 0. The Morgan fingerprint density at radius 2 is 2.29 bits per heavy atom. The first kappa shape index (κ1) is 14.0. The number of benzene rings is 1. The van der Waals surface area contributed by atoms with Crippen LogP contribution in [0.3, 0.4) is 0 Å². The van der Waals surface area contributed by atoms with E-state index in [0.29, 0.717) is 0 Å². The molecule has 0 saturated heterocycles. The molecule has 2 nitrogen and oxygen atoms in total. The van der Waals surface area contributed by atoms with Crippen LogP contribution in [-0.2, 0) is 39.1 Å². The van der Waals surface area contributed by atoms with Crippen LogP contribution in [0.15, 0.2) is 23.2 Å². The number of rotatable bonds is 0. The summed E-state index contributed by atoms with van der Waals surface area (Å²) in [5, 5.41) is 7.57. The fourth-order valence-corrected chi connectivity index (χ4v) is 1.16. The van der Waals surface area contributed by atoms with Crippen LogP contribution in [0, 0.1) is 6.07 Å². The number of hydrogen-bond acceptors (Lipinski definition) is 2. The third-order valence-corrected chi connectivity index (χ3v) is 1.70. The predicted molar refractivity (Wildman–Crippen MR) is 54.2 cm³/mol. The second kappa shape index (κ2) is 8.28. The molecule has 1 radical (unpaired) electrons. The molecule has 14 heavy (non-hydrogen) atoms. The van der Waals surface area contributed by atoms with E-state index in [4.69, 9.17) is 5.11 Å². The van der Waals surface area contributed by atoms with Crippen LogP contribution in [0.4, 0.5) is 0 Å². The summed E-state index contributed by atoms with van der Waals surface area (Å²) >= 11 is 0. The van der Waals surface area contributed by atoms with Crippen LogP contribution < -0.4 is 0 Å². The first-order valence-corrected chi connectivity index (χ1v) is 4.48. The summed E-state index contributed by atoms with van der Waals surface area (Å²) in [6, 6.07) is 9.23. The summed E-state index contributed by atoms with van der Waals surface area (Å²) in [6.45, 7) is 2.85. The molecule has 0 spiro atoms. The Balaban J connectivity index is 0.000000381. The van der Waals surface area contributed by atoms with Gasteiger partial charge < -0.3 is 10.1 Å². The van der Waals surface area contributed by atoms with Gasteiger partial charge in [-0.2, -0.15) is 29.8 Å². The van der Waals surface area contributed by atoms with Crippen LogP contribution in [0.25, 0.3) is 0 Å². The third kappa shape index (κ3) is 4.45. The van der Waals surface area contributed by atoms with E-state index in [-0.39, 0.29) is 39.3 Å². The Morgan fingerprint density at radius 3 is 2.93 bits per heavy atom. The molecule has 0 amide bonds. The molecule has 3 heteroatoms. The molecule has 0 saturated carbocycles. The summed E-state index contributed by atoms with van der Waals surface area (Å²) in [7, 11) is 0. The van der Waals surface area contributed by atoms with Crippen LogP contribution in [0.2, 0.25) is 0 Å².